The number of benzene rings is 6. The molecule has 0 heterocycles. The van der Waals surface area contributed by atoms with E-state index in [9.17, 15) is 0 Å². The SMILES string of the molecule is c1ccc(O[Si](CCCSSSSSCCC[Si](Oc2ccccc2)(Oc2ccccc2)Oc2ccccc2)(Oc2ccccc2)Oc2ccccc2)cc1. The molecule has 6 aromatic carbocycles. The molecule has 0 N–H and O–H groups in total. The maximum atomic E-state index is 6.66. The predicted octanol–water partition coefficient (Wildman–Crippen LogP) is 13.4. The molecule has 0 spiro atoms. The molecule has 0 aliphatic heterocycles. The van der Waals surface area contributed by atoms with Crippen LogP contribution in [0.1, 0.15) is 12.8 Å². The van der Waals surface area contributed by atoms with E-state index >= 15 is 0 Å². The number of hydrogen-bond acceptors (Lipinski definition) is 11. The Labute approximate surface area is 345 Å². The van der Waals surface area contributed by atoms with E-state index in [0.717, 1.165) is 58.8 Å². The third kappa shape index (κ3) is 14.4. The smallest absolute Gasteiger partial charge is 0.483 e. The van der Waals surface area contributed by atoms with Crippen LogP contribution in [0.3, 0.4) is 0 Å². The lowest BCUT2D eigenvalue weighted by molar-refractivity contribution is 0.259. The molecular weight excluding hydrogens is 817 g/mol. The monoisotopic (exact) mass is 858 g/mol. The van der Waals surface area contributed by atoms with Crippen molar-refractivity contribution >= 4 is 68.7 Å². The van der Waals surface area contributed by atoms with Crippen molar-refractivity contribution < 1.29 is 26.6 Å². The summed E-state index contributed by atoms with van der Waals surface area (Å²) in [5.74, 6) is 6.24. The van der Waals surface area contributed by atoms with E-state index < -0.39 is 17.6 Å². The van der Waals surface area contributed by atoms with Gasteiger partial charge < -0.3 is 26.6 Å². The minimum atomic E-state index is -3.27. The fraction of sp³-hybridized carbons (Fsp3) is 0.143. The summed E-state index contributed by atoms with van der Waals surface area (Å²) in [4.78, 5) is 0. The van der Waals surface area contributed by atoms with E-state index in [0.29, 0.717) is 12.1 Å². The van der Waals surface area contributed by atoms with Gasteiger partial charge in [0.1, 0.15) is 34.5 Å². The zero-order valence-corrected chi connectivity index (χ0v) is 36.1. The Bertz CT molecular complexity index is 1570. The second kappa shape index (κ2) is 22.8. The van der Waals surface area contributed by atoms with Crippen LogP contribution >= 0.6 is 51.1 Å². The van der Waals surface area contributed by atoms with Gasteiger partial charge in [0.15, 0.2) is 0 Å². The molecule has 0 unspecified atom stereocenters. The van der Waals surface area contributed by atoms with Crippen molar-refractivity contribution in [3.05, 3.63) is 182 Å². The zero-order valence-electron chi connectivity index (χ0n) is 30.1. The summed E-state index contributed by atoms with van der Waals surface area (Å²) < 4.78 is 39.9. The molecular formula is C42H42O6S5Si2. The van der Waals surface area contributed by atoms with Gasteiger partial charge in [0.2, 0.25) is 0 Å². The van der Waals surface area contributed by atoms with Gasteiger partial charge in [-0.05, 0) is 115 Å². The Morgan fingerprint density at radius 1 is 0.291 bits per heavy atom. The Morgan fingerprint density at radius 3 is 0.727 bits per heavy atom. The van der Waals surface area contributed by atoms with Crippen LogP contribution in [0.15, 0.2) is 182 Å². The zero-order chi connectivity index (χ0) is 37.7. The lowest BCUT2D eigenvalue weighted by Crippen LogP contribution is -2.55. The molecule has 55 heavy (non-hydrogen) atoms. The van der Waals surface area contributed by atoms with Gasteiger partial charge in [-0.15, -0.1) is 0 Å². The average Bonchev–Trinajstić information content (AvgIpc) is 3.22. The minimum absolute atomic E-state index is 0.651. The lowest BCUT2D eigenvalue weighted by atomic mass is 10.3. The Kier molecular flexibility index (Phi) is 16.9. The van der Waals surface area contributed by atoms with Gasteiger partial charge in [-0.3, -0.25) is 0 Å². The number of para-hydroxylation sites is 6. The topological polar surface area (TPSA) is 55.4 Å². The summed E-state index contributed by atoms with van der Waals surface area (Å²) in [5.41, 5.74) is 0. The van der Waals surface area contributed by atoms with Crippen LogP contribution in [0.25, 0.3) is 0 Å². The molecule has 0 bridgehead atoms. The molecule has 0 aliphatic rings. The highest BCUT2D eigenvalue weighted by Crippen LogP contribution is 2.49. The van der Waals surface area contributed by atoms with E-state index in [1.54, 1.807) is 29.5 Å². The summed E-state index contributed by atoms with van der Waals surface area (Å²) in [5, 5.41) is 0. The van der Waals surface area contributed by atoms with E-state index in [-0.39, 0.29) is 0 Å². The lowest BCUT2D eigenvalue weighted by Gasteiger charge is -2.30. The first kappa shape index (κ1) is 41.0. The van der Waals surface area contributed by atoms with Crippen molar-refractivity contribution in [2.75, 3.05) is 11.5 Å². The molecule has 6 rings (SSSR count). The van der Waals surface area contributed by atoms with Crippen LogP contribution in [0.5, 0.6) is 34.5 Å². The fourth-order valence-electron chi connectivity index (χ4n) is 5.25. The predicted molar refractivity (Wildman–Crippen MR) is 240 cm³/mol. The molecule has 6 aromatic rings. The maximum Gasteiger partial charge on any atom is 0.699 e. The first-order valence-electron chi connectivity index (χ1n) is 17.9. The first-order valence-corrected chi connectivity index (χ1v) is 28.2. The van der Waals surface area contributed by atoms with Gasteiger partial charge in [0, 0.05) is 11.5 Å². The van der Waals surface area contributed by atoms with Gasteiger partial charge in [0.25, 0.3) is 0 Å². The van der Waals surface area contributed by atoms with Crippen LogP contribution in [0, 0.1) is 0 Å². The summed E-state index contributed by atoms with van der Waals surface area (Å²) >= 11 is 0. The van der Waals surface area contributed by atoms with Gasteiger partial charge in [-0.2, -0.15) is 0 Å². The van der Waals surface area contributed by atoms with Crippen molar-refractivity contribution in [3.8, 4) is 34.5 Å². The molecule has 0 fully saturated rings. The summed E-state index contributed by atoms with van der Waals surface area (Å²) in [7, 11) is 2.49. The highest BCUT2D eigenvalue weighted by atomic mass is 33.8. The van der Waals surface area contributed by atoms with E-state index in [4.69, 9.17) is 26.6 Å². The van der Waals surface area contributed by atoms with Crippen molar-refractivity contribution in [1.29, 1.82) is 0 Å². The van der Waals surface area contributed by atoms with Crippen LogP contribution in [-0.2, 0) is 0 Å². The fourth-order valence-corrected chi connectivity index (χ4v) is 19.7. The second-order valence-electron chi connectivity index (χ2n) is 11.9. The van der Waals surface area contributed by atoms with E-state index in [2.05, 4.69) is 0 Å². The quantitative estimate of drug-likeness (QED) is 0.0332. The average molecular weight is 859 g/mol. The van der Waals surface area contributed by atoms with Crippen molar-refractivity contribution in [2.45, 2.75) is 24.9 Å². The Balaban J connectivity index is 0.994. The largest absolute Gasteiger partial charge is 0.699 e. The van der Waals surface area contributed by atoms with E-state index in [1.807, 2.05) is 204 Å². The van der Waals surface area contributed by atoms with Gasteiger partial charge in [-0.1, -0.05) is 131 Å². The van der Waals surface area contributed by atoms with Crippen molar-refractivity contribution in [2.24, 2.45) is 0 Å². The minimum Gasteiger partial charge on any atom is -0.483 e. The number of rotatable bonds is 24. The molecule has 0 aromatic heterocycles. The van der Waals surface area contributed by atoms with Crippen molar-refractivity contribution in [3.63, 3.8) is 0 Å². The standard InChI is InChI=1S/C42H42O6S5Si2/c1-7-21-37(22-8-1)43-54(44-38-23-9-2-10-24-38,45-39-25-11-3-12-26-39)35-19-33-49-51-53-52-50-34-20-36-55(46-40-27-13-4-14-28-40,47-41-29-15-5-16-30-41)48-42-31-17-6-18-32-42/h1-18,21-32H,19-20,33-36H2. The third-order valence-corrected chi connectivity index (χ3v) is 21.7. The van der Waals surface area contributed by atoms with Crippen LogP contribution in [0.2, 0.25) is 12.1 Å². The van der Waals surface area contributed by atoms with Crippen LogP contribution in [-0.4, -0.2) is 29.1 Å². The second-order valence-corrected chi connectivity index (χ2v) is 24.9. The normalized spacial score (nSPS) is 11.3. The molecule has 0 atom stereocenters. The summed E-state index contributed by atoms with van der Waals surface area (Å²) in [6.07, 6.45) is 1.73. The Hall–Kier alpha value is -3.70. The van der Waals surface area contributed by atoms with Crippen LogP contribution < -0.4 is 26.6 Å². The molecule has 0 amide bonds. The number of hydrogen-bond donors (Lipinski definition) is 0. The highest BCUT2D eigenvalue weighted by Gasteiger charge is 2.50. The molecule has 284 valence electrons. The van der Waals surface area contributed by atoms with Gasteiger partial charge in [-0.25, -0.2) is 0 Å². The van der Waals surface area contributed by atoms with Crippen molar-refractivity contribution in [1.82, 2.24) is 0 Å². The van der Waals surface area contributed by atoms with Gasteiger partial charge in [0.05, 0.1) is 12.1 Å². The first-order chi connectivity index (χ1) is 27.2. The maximum absolute atomic E-state index is 6.66. The summed E-state index contributed by atoms with van der Waals surface area (Å²) in [6.45, 7) is 0. The molecule has 0 saturated heterocycles. The molecule has 0 radical (unpaired) electrons. The molecule has 0 aliphatic carbocycles. The molecule has 13 heteroatoms. The summed E-state index contributed by atoms with van der Waals surface area (Å²) in [6, 6.07) is 60.1. The van der Waals surface area contributed by atoms with Gasteiger partial charge >= 0.3 is 17.6 Å². The van der Waals surface area contributed by atoms with E-state index in [1.165, 1.54) is 0 Å². The van der Waals surface area contributed by atoms with Crippen LogP contribution in [0.4, 0.5) is 0 Å². The third-order valence-electron chi connectivity index (χ3n) is 7.67. The molecule has 0 saturated carbocycles. The Morgan fingerprint density at radius 2 is 0.509 bits per heavy atom. The molecule has 6 nitrogen and oxygen atoms in total. The highest BCUT2D eigenvalue weighted by molar-refractivity contribution is 9.35.